The minimum Gasteiger partial charge on any atom is -0.394 e. The molecule has 3 fully saturated rings. The maximum atomic E-state index is 15.0. The van der Waals surface area contributed by atoms with Crippen LogP contribution in [0, 0.1) is 25.7 Å². The average molecular weight is 614 g/mol. The van der Waals surface area contributed by atoms with Crippen molar-refractivity contribution >= 4 is 23.4 Å². The first-order valence-electron chi connectivity index (χ1n) is 16.2. The highest BCUT2D eigenvalue weighted by atomic mass is 16.5. The third-order valence-electron chi connectivity index (χ3n) is 10.3. The average Bonchev–Trinajstić information content (AvgIpc) is 3.65. The number of hydrogen-bond donors (Lipinski definition) is 1. The van der Waals surface area contributed by atoms with E-state index in [2.05, 4.69) is 13.2 Å². The quantitative estimate of drug-likeness (QED) is 0.323. The number of aliphatic hydroxyl groups excluding tert-OH is 1. The molecule has 0 radical (unpaired) electrons. The van der Waals surface area contributed by atoms with Crippen LogP contribution in [0.2, 0.25) is 0 Å². The van der Waals surface area contributed by atoms with Gasteiger partial charge in [-0.25, -0.2) is 0 Å². The molecule has 0 aromatic heterocycles. The molecule has 3 aliphatic heterocycles. The van der Waals surface area contributed by atoms with E-state index in [0.717, 1.165) is 22.4 Å². The Labute approximate surface area is 267 Å². The highest BCUT2D eigenvalue weighted by Crippen LogP contribution is 2.65. The van der Waals surface area contributed by atoms with Crippen molar-refractivity contribution in [2.45, 2.75) is 83.2 Å². The fourth-order valence-electron chi connectivity index (χ4n) is 8.10. The largest absolute Gasteiger partial charge is 0.394 e. The van der Waals surface area contributed by atoms with Gasteiger partial charge in [-0.15, -0.1) is 13.2 Å². The molecule has 2 aromatic carbocycles. The summed E-state index contributed by atoms with van der Waals surface area (Å²) in [7, 11) is 0. The van der Waals surface area contributed by atoms with Crippen molar-refractivity contribution in [1.82, 2.24) is 9.80 Å². The third kappa shape index (κ3) is 5.32. The molecule has 3 saturated heterocycles. The molecule has 3 heterocycles. The number of aryl methyl sites for hydroxylation is 2. The van der Waals surface area contributed by atoms with Gasteiger partial charge in [0.2, 0.25) is 11.8 Å². The molecule has 2 bridgehead atoms. The Balaban J connectivity index is 1.63. The fourth-order valence-corrected chi connectivity index (χ4v) is 8.10. The molecule has 3 amide bonds. The molecule has 8 nitrogen and oxygen atoms in total. The van der Waals surface area contributed by atoms with Gasteiger partial charge >= 0.3 is 0 Å². The van der Waals surface area contributed by atoms with E-state index in [9.17, 15) is 19.5 Å². The van der Waals surface area contributed by atoms with Crippen molar-refractivity contribution in [3.63, 3.8) is 0 Å². The summed E-state index contributed by atoms with van der Waals surface area (Å²) in [6, 6.07) is 14.1. The smallest absolute Gasteiger partial charge is 0.253 e. The Hall–Kier alpha value is -3.75. The summed E-state index contributed by atoms with van der Waals surface area (Å²) in [5.41, 5.74) is 1.58. The lowest BCUT2D eigenvalue weighted by molar-refractivity contribution is -0.154. The van der Waals surface area contributed by atoms with Crippen LogP contribution in [0.15, 0.2) is 73.8 Å². The molecule has 1 spiro atoms. The van der Waals surface area contributed by atoms with Gasteiger partial charge < -0.3 is 24.5 Å². The van der Waals surface area contributed by atoms with Gasteiger partial charge in [0.05, 0.1) is 30.1 Å². The zero-order chi connectivity index (χ0) is 32.5. The highest BCUT2D eigenvalue weighted by molar-refractivity contribution is 6.05. The summed E-state index contributed by atoms with van der Waals surface area (Å²) in [5, 5.41) is 10.5. The molecule has 240 valence electrons. The Kier molecular flexibility index (Phi) is 9.38. The standard InChI is InChI=1S/C37H47N3O5/c1-7-20-38(23-27-14-12-11-13-15-27)33(42)30-31-34(43)40(28(9-3)24-41)32(37(31)19-18-36(30,10-4)45-37)35(44)39(21-8-2)29-22-25(5)16-17-26(29)6/h7-8,11-17,22,28,30-32,41H,1-2,9-10,18-21,23-24H2,3-6H3/t28-,30+,31-,32?,36-,37?/m0/s1. The van der Waals surface area contributed by atoms with Crippen LogP contribution in [0.1, 0.15) is 56.2 Å². The van der Waals surface area contributed by atoms with Crippen molar-refractivity contribution in [2.24, 2.45) is 11.8 Å². The van der Waals surface area contributed by atoms with Crippen molar-refractivity contribution in [2.75, 3.05) is 24.6 Å². The number of carbonyl (C=O) groups excluding carboxylic acids is 3. The molecule has 2 unspecified atom stereocenters. The van der Waals surface area contributed by atoms with Gasteiger partial charge in [0.15, 0.2) is 0 Å². The molecule has 45 heavy (non-hydrogen) atoms. The topological polar surface area (TPSA) is 90.4 Å². The van der Waals surface area contributed by atoms with Crippen LogP contribution in [0.3, 0.4) is 0 Å². The van der Waals surface area contributed by atoms with E-state index < -0.39 is 35.1 Å². The van der Waals surface area contributed by atoms with Crippen LogP contribution in [-0.4, -0.2) is 75.6 Å². The predicted octanol–water partition coefficient (Wildman–Crippen LogP) is 4.96. The van der Waals surface area contributed by atoms with E-state index in [1.807, 2.05) is 76.2 Å². The van der Waals surface area contributed by atoms with Crippen LogP contribution >= 0.6 is 0 Å². The van der Waals surface area contributed by atoms with Gasteiger partial charge in [0.25, 0.3) is 5.91 Å². The number of ether oxygens (including phenoxy) is 1. The number of benzene rings is 2. The second-order valence-electron chi connectivity index (χ2n) is 12.8. The third-order valence-corrected chi connectivity index (χ3v) is 10.3. The van der Waals surface area contributed by atoms with Gasteiger partial charge in [0.1, 0.15) is 11.6 Å². The van der Waals surface area contributed by atoms with Crippen molar-refractivity contribution < 1.29 is 24.2 Å². The van der Waals surface area contributed by atoms with Crippen molar-refractivity contribution in [3.05, 3.63) is 90.5 Å². The van der Waals surface area contributed by atoms with Crippen LogP contribution < -0.4 is 4.90 Å². The minimum atomic E-state index is -1.20. The Morgan fingerprint density at radius 3 is 2.40 bits per heavy atom. The second-order valence-corrected chi connectivity index (χ2v) is 12.8. The summed E-state index contributed by atoms with van der Waals surface area (Å²) in [5.74, 6) is -2.35. The number of fused-ring (bicyclic) bond motifs is 1. The number of hydrogen-bond acceptors (Lipinski definition) is 5. The summed E-state index contributed by atoms with van der Waals surface area (Å²) >= 11 is 0. The number of rotatable bonds is 13. The van der Waals surface area contributed by atoms with Crippen LogP contribution in [0.5, 0.6) is 0 Å². The first kappa shape index (κ1) is 32.6. The number of anilines is 1. The Morgan fingerprint density at radius 1 is 1.07 bits per heavy atom. The van der Waals surface area contributed by atoms with Crippen molar-refractivity contribution in [1.29, 1.82) is 0 Å². The first-order chi connectivity index (χ1) is 21.6. The van der Waals surface area contributed by atoms with Gasteiger partial charge in [-0.05, 0) is 62.3 Å². The zero-order valence-electron chi connectivity index (χ0n) is 27.1. The summed E-state index contributed by atoms with van der Waals surface area (Å²) in [6.07, 6.45) is 5.42. The molecule has 5 rings (SSSR count). The summed E-state index contributed by atoms with van der Waals surface area (Å²) in [4.78, 5) is 49.4. The fraction of sp³-hybridized carbons (Fsp3) is 0.486. The van der Waals surface area contributed by atoms with E-state index in [1.165, 1.54) is 0 Å². The van der Waals surface area contributed by atoms with E-state index in [-0.39, 0.29) is 30.9 Å². The number of likely N-dealkylation sites (tertiary alicyclic amines) is 1. The SMILES string of the molecule is C=CCN(Cc1ccccc1)C(=O)[C@H]1[C@H]2C(=O)N([C@@H](CC)CO)C(C(=O)N(CC=C)c3cc(C)ccc3C)C23CC[C@]1(CC)O3. The molecule has 0 aliphatic carbocycles. The maximum absolute atomic E-state index is 15.0. The lowest BCUT2D eigenvalue weighted by Gasteiger charge is -2.39. The molecular weight excluding hydrogens is 566 g/mol. The number of aliphatic hydroxyl groups is 1. The highest BCUT2D eigenvalue weighted by Gasteiger charge is 2.79. The molecular formula is C37H47N3O5. The van der Waals surface area contributed by atoms with Crippen LogP contribution in [0.25, 0.3) is 0 Å². The second kappa shape index (κ2) is 12.9. The van der Waals surface area contributed by atoms with Gasteiger partial charge in [-0.2, -0.15) is 0 Å². The summed E-state index contributed by atoms with van der Waals surface area (Å²) < 4.78 is 7.03. The van der Waals surface area contributed by atoms with E-state index in [0.29, 0.717) is 38.8 Å². The minimum absolute atomic E-state index is 0.164. The van der Waals surface area contributed by atoms with E-state index in [1.54, 1.807) is 26.9 Å². The lowest BCUT2D eigenvalue weighted by atomic mass is 9.64. The number of carbonyl (C=O) groups is 3. The molecule has 2 aromatic rings. The van der Waals surface area contributed by atoms with Crippen molar-refractivity contribution in [3.8, 4) is 0 Å². The molecule has 6 atom stereocenters. The number of amides is 3. The predicted molar refractivity (Wildman–Crippen MR) is 175 cm³/mol. The zero-order valence-corrected chi connectivity index (χ0v) is 27.1. The molecule has 3 aliphatic rings. The Bertz CT molecular complexity index is 1460. The maximum Gasteiger partial charge on any atom is 0.253 e. The molecule has 8 heteroatoms. The van der Waals surface area contributed by atoms with E-state index in [4.69, 9.17) is 4.74 Å². The van der Waals surface area contributed by atoms with Gasteiger partial charge in [-0.3, -0.25) is 14.4 Å². The normalized spacial score (nSPS) is 27.3. The Morgan fingerprint density at radius 2 is 1.78 bits per heavy atom. The van der Waals surface area contributed by atoms with Gasteiger partial charge in [0, 0.05) is 25.3 Å². The van der Waals surface area contributed by atoms with Crippen LogP contribution in [0.4, 0.5) is 5.69 Å². The lowest BCUT2D eigenvalue weighted by Crippen LogP contribution is -2.59. The molecule has 1 N–H and O–H groups in total. The number of nitrogens with zero attached hydrogens (tertiary/aromatic N) is 3. The molecule has 0 saturated carbocycles. The van der Waals surface area contributed by atoms with Crippen LogP contribution in [-0.2, 0) is 25.7 Å². The van der Waals surface area contributed by atoms with E-state index >= 15 is 0 Å². The monoisotopic (exact) mass is 613 g/mol. The summed E-state index contributed by atoms with van der Waals surface area (Å²) in [6.45, 7) is 16.3. The van der Waals surface area contributed by atoms with Gasteiger partial charge in [-0.1, -0.05) is 68.5 Å². The first-order valence-corrected chi connectivity index (χ1v) is 16.2.